The van der Waals surface area contributed by atoms with Crippen LogP contribution in [-0.4, -0.2) is 72.3 Å². The summed E-state index contributed by atoms with van der Waals surface area (Å²) in [5.41, 5.74) is -3.08. The molecule has 4 heterocycles. The van der Waals surface area contributed by atoms with E-state index in [1.807, 2.05) is 11.4 Å². The second-order valence-corrected chi connectivity index (χ2v) is 10.4. The Hall–Kier alpha value is -2.88. The van der Waals surface area contributed by atoms with Crippen molar-refractivity contribution >= 4 is 52.6 Å². The Morgan fingerprint density at radius 2 is 2.18 bits per heavy atom. The highest BCUT2D eigenvalue weighted by Gasteiger charge is 2.66. The number of carbonyl (C=O) groups is 3. The van der Waals surface area contributed by atoms with Crippen LogP contribution in [0.4, 0.5) is 0 Å². The van der Waals surface area contributed by atoms with Gasteiger partial charge in [-0.2, -0.15) is 0 Å². The number of carboxylic acid groups (broad SMARTS) is 1. The van der Waals surface area contributed by atoms with E-state index in [1.165, 1.54) is 37.3 Å². The summed E-state index contributed by atoms with van der Waals surface area (Å²) in [6.45, 7) is 0. The number of thioether (sulfide) groups is 2. The van der Waals surface area contributed by atoms with E-state index in [1.54, 1.807) is 6.07 Å². The summed E-state index contributed by atoms with van der Waals surface area (Å²) < 4.78 is 6.50. The molecule has 2 atom stereocenters. The van der Waals surface area contributed by atoms with Gasteiger partial charge in [-0.15, -0.1) is 28.2 Å². The highest BCUT2D eigenvalue weighted by Crippen LogP contribution is 2.47. The first-order valence-corrected chi connectivity index (χ1v) is 12.7. The fourth-order valence-corrected chi connectivity index (χ4v) is 6.82. The molecule has 0 aliphatic carbocycles. The lowest BCUT2D eigenvalue weighted by atomic mass is 9.98. The van der Waals surface area contributed by atoms with Crippen LogP contribution in [0.2, 0.25) is 0 Å². The lowest BCUT2D eigenvalue weighted by Crippen LogP contribution is -2.80. The monoisotopic (exact) mass is 525 g/mol. The first-order valence-electron chi connectivity index (χ1n) is 9.77. The Morgan fingerprint density at radius 1 is 1.41 bits per heavy atom. The van der Waals surface area contributed by atoms with E-state index in [-0.39, 0.29) is 28.8 Å². The SMILES string of the molecule is CO[C@@]1(NC(=O)Cc2cccs2)C(=O)N2C(C(=O)O)=C(CSc3n[nH]c(=O)c(=O)n3C)CS[C@H]21. The number of nitrogens with one attached hydrogen (secondary N) is 2. The number of carbonyl (C=O) groups excluding carboxylic acids is 2. The maximum atomic E-state index is 13.1. The Labute approximate surface area is 204 Å². The summed E-state index contributed by atoms with van der Waals surface area (Å²) in [6.07, 6.45) is 0.0713. The van der Waals surface area contributed by atoms with Gasteiger partial charge in [0.15, 0.2) is 5.16 Å². The van der Waals surface area contributed by atoms with E-state index >= 15 is 0 Å². The molecule has 2 aliphatic heterocycles. The van der Waals surface area contributed by atoms with Crippen molar-refractivity contribution in [1.29, 1.82) is 0 Å². The van der Waals surface area contributed by atoms with Gasteiger partial charge in [0.05, 0.1) is 6.42 Å². The summed E-state index contributed by atoms with van der Waals surface area (Å²) in [5, 5.41) is 19.7. The van der Waals surface area contributed by atoms with Crippen LogP contribution in [-0.2, 0) is 32.6 Å². The number of aromatic amines is 1. The Kier molecular flexibility index (Phi) is 6.71. The number of hydrogen-bond donors (Lipinski definition) is 3. The lowest BCUT2D eigenvalue weighted by Gasteiger charge is -2.55. The number of carboxylic acids is 1. The molecular weight excluding hydrogens is 506 g/mol. The van der Waals surface area contributed by atoms with E-state index in [0.717, 1.165) is 26.1 Å². The largest absolute Gasteiger partial charge is 0.477 e. The van der Waals surface area contributed by atoms with E-state index in [2.05, 4.69) is 15.5 Å². The van der Waals surface area contributed by atoms with E-state index in [9.17, 15) is 29.1 Å². The van der Waals surface area contributed by atoms with Crippen LogP contribution in [0.15, 0.2) is 43.5 Å². The average Bonchev–Trinajstić information content (AvgIpc) is 3.32. The molecule has 0 aromatic carbocycles. The second-order valence-electron chi connectivity index (χ2n) is 7.33. The number of rotatable bonds is 8. The third kappa shape index (κ3) is 4.08. The number of hydrogen-bond acceptors (Lipinski definition) is 10. The molecule has 12 nitrogen and oxygen atoms in total. The molecular formula is C19H19N5O7S3. The quantitative estimate of drug-likeness (QED) is 0.178. The summed E-state index contributed by atoms with van der Waals surface area (Å²) >= 11 is 3.72. The first kappa shape index (κ1) is 24.3. The van der Waals surface area contributed by atoms with Crippen molar-refractivity contribution < 1.29 is 24.2 Å². The van der Waals surface area contributed by atoms with E-state index in [0.29, 0.717) is 5.57 Å². The van der Waals surface area contributed by atoms with Crippen molar-refractivity contribution in [1.82, 2.24) is 25.0 Å². The minimum Gasteiger partial charge on any atom is -0.477 e. The molecule has 34 heavy (non-hydrogen) atoms. The molecule has 2 aliphatic rings. The summed E-state index contributed by atoms with van der Waals surface area (Å²) in [7, 11) is 2.68. The van der Waals surface area contributed by atoms with Crippen molar-refractivity contribution in [3.63, 3.8) is 0 Å². The predicted molar refractivity (Wildman–Crippen MR) is 124 cm³/mol. The van der Waals surface area contributed by atoms with Gasteiger partial charge in [-0.3, -0.25) is 28.6 Å². The third-order valence-electron chi connectivity index (χ3n) is 5.29. The number of β-lactam (4-membered cyclic amide) rings is 1. The van der Waals surface area contributed by atoms with Crippen LogP contribution in [0.5, 0.6) is 0 Å². The van der Waals surface area contributed by atoms with Gasteiger partial charge in [0.1, 0.15) is 11.1 Å². The van der Waals surface area contributed by atoms with Gasteiger partial charge in [-0.25, -0.2) is 9.89 Å². The molecule has 2 amide bonds. The molecule has 180 valence electrons. The summed E-state index contributed by atoms with van der Waals surface area (Å²) in [4.78, 5) is 62.9. The van der Waals surface area contributed by atoms with Crippen molar-refractivity contribution in [3.8, 4) is 0 Å². The van der Waals surface area contributed by atoms with Crippen molar-refractivity contribution in [2.75, 3.05) is 18.6 Å². The molecule has 4 rings (SSSR count). The van der Waals surface area contributed by atoms with Crippen LogP contribution in [0.3, 0.4) is 0 Å². The van der Waals surface area contributed by atoms with Crippen LogP contribution < -0.4 is 16.4 Å². The smallest absolute Gasteiger partial charge is 0.352 e. The van der Waals surface area contributed by atoms with Crippen molar-refractivity contribution in [2.24, 2.45) is 7.05 Å². The highest BCUT2D eigenvalue weighted by atomic mass is 32.2. The van der Waals surface area contributed by atoms with Gasteiger partial charge < -0.3 is 15.2 Å². The van der Waals surface area contributed by atoms with E-state index in [4.69, 9.17) is 4.74 Å². The number of methoxy groups -OCH3 is 1. The Balaban J connectivity index is 1.55. The van der Waals surface area contributed by atoms with Gasteiger partial charge in [0.2, 0.25) is 5.91 Å². The van der Waals surface area contributed by atoms with Crippen LogP contribution >= 0.6 is 34.9 Å². The maximum absolute atomic E-state index is 13.1. The number of nitrogens with zero attached hydrogens (tertiary/aromatic N) is 3. The lowest BCUT2D eigenvalue weighted by molar-refractivity contribution is -0.192. The maximum Gasteiger partial charge on any atom is 0.352 e. The molecule has 3 N–H and O–H groups in total. The molecule has 1 fully saturated rings. The van der Waals surface area contributed by atoms with Gasteiger partial charge >= 0.3 is 17.1 Å². The number of H-pyrrole nitrogens is 1. The van der Waals surface area contributed by atoms with E-state index < -0.39 is 40.0 Å². The molecule has 2 aromatic rings. The molecule has 0 spiro atoms. The van der Waals surface area contributed by atoms with Crippen LogP contribution in [0.25, 0.3) is 0 Å². The Morgan fingerprint density at radius 3 is 2.82 bits per heavy atom. The third-order valence-corrected chi connectivity index (χ3v) is 8.66. The molecule has 15 heteroatoms. The zero-order chi connectivity index (χ0) is 24.6. The van der Waals surface area contributed by atoms with Crippen molar-refractivity contribution in [2.45, 2.75) is 22.7 Å². The molecule has 0 bridgehead atoms. The molecule has 1 saturated heterocycles. The molecule has 0 radical (unpaired) electrons. The standard InChI is InChI=1S/C19H19N5O7S3/c1-23-14(27)13(26)21-22-18(23)34-8-9-7-33-17-19(31-2,16(30)24(17)12(9)15(28)29)20-11(25)6-10-4-3-5-32-10/h3-5,17H,6-8H2,1-2H3,(H,20,25)(H,21,26)(H,28,29)/t17-,19-/m0/s1. The fraction of sp³-hybridized carbons (Fsp3) is 0.368. The van der Waals surface area contributed by atoms with Crippen molar-refractivity contribution in [3.05, 3.63) is 54.4 Å². The second kappa shape index (κ2) is 9.40. The predicted octanol–water partition coefficient (Wildman–Crippen LogP) is -0.422. The zero-order valence-corrected chi connectivity index (χ0v) is 20.3. The van der Waals surface area contributed by atoms with Gasteiger partial charge in [0, 0.05) is 30.5 Å². The van der Waals surface area contributed by atoms with Gasteiger partial charge in [-0.05, 0) is 17.0 Å². The number of fused-ring (bicyclic) bond motifs is 1. The van der Waals surface area contributed by atoms with Gasteiger partial charge in [0.25, 0.3) is 11.6 Å². The summed E-state index contributed by atoms with van der Waals surface area (Å²) in [6, 6.07) is 3.62. The number of aliphatic carboxylic acids is 1. The normalized spacial score (nSPS) is 21.8. The molecule has 0 unspecified atom stereocenters. The zero-order valence-electron chi connectivity index (χ0n) is 17.9. The molecule has 2 aromatic heterocycles. The Bertz CT molecular complexity index is 1300. The number of ether oxygens (including phenoxy) is 1. The minimum absolute atomic E-state index is 0.0713. The minimum atomic E-state index is -1.66. The van der Waals surface area contributed by atoms with Crippen LogP contribution in [0, 0.1) is 0 Å². The average molecular weight is 526 g/mol. The molecule has 0 saturated carbocycles. The topological polar surface area (TPSA) is 164 Å². The number of amides is 2. The number of aromatic nitrogens is 3. The highest BCUT2D eigenvalue weighted by molar-refractivity contribution is 8.01. The number of thiophene rings is 1. The fourth-order valence-electron chi connectivity index (χ4n) is 3.62. The first-order chi connectivity index (χ1) is 16.2. The summed E-state index contributed by atoms with van der Waals surface area (Å²) in [5.74, 6) is -2.03. The van der Waals surface area contributed by atoms with Crippen LogP contribution in [0.1, 0.15) is 4.88 Å². The van der Waals surface area contributed by atoms with Gasteiger partial charge in [-0.1, -0.05) is 17.8 Å².